The summed E-state index contributed by atoms with van der Waals surface area (Å²) in [7, 11) is 1.40. The Bertz CT molecular complexity index is 311. The van der Waals surface area contributed by atoms with Gasteiger partial charge in [0.25, 0.3) is 0 Å². The molecular weight excluding hydrogens is 244 g/mol. The standard InChI is InChI=1S/C15H26O4/c1-5-7-11(16)10-12-8-6-9-13(19-12)15(2,3)14(17)18-4/h5,11-13,16H,1,6-10H2,2-4H3/t11-,12+,13?/m1/s1. The van der Waals surface area contributed by atoms with Crippen molar-refractivity contribution in [2.45, 2.75) is 64.3 Å². The second kappa shape index (κ2) is 7.06. The van der Waals surface area contributed by atoms with Crippen molar-refractivity contribution >= 4 is 5.97 Å². The molecule has 0 saturated carbocycles. The summed E-state index contributed by atoms with van der Waals surface area (Å²) >= 11 is 0. The molecule has 1 saturated heterocycles. The van der Waals surface area contributed by atoms with Crippen molar-refractivity contribution in [1.29, 1.82) is 0 Å². The van der Waals surface area contributed by atoms with E-state index in [1.807, 2.05) is 13.8 Å². The molecule has 1 aliphatic heterocycles. The molecule has 110 valence electrons. The maximum absolute atomic E-state index is 11.8. The molecule has 4 nitrogen and oxygen atoms in total. The molecule has 1 rings (SSSR count). The van der Waals surface area contributed by atoms with Gasteiger partial charge in [0.2, 0.25) is 0 Å². The van der Waals surface area contributed by atoms with Gasteiger partial charge in [-0.1, -0.05) is 6.08 Å². The summed E-state index contributed by atoms with van der Waals surface area (Å²) in [6, 6.07) is 0. The number of rotatable bonds is 6. The van der Waals surface area contributed by atoms with Crippen molar-refractivity contribution in [3.63, 3.8) is 0 Å². The number of esters is 1. The minimum Gasteiger partial charge on any atom is -0.469 e. The third kappa shape index (κ3) is 4.32. The first-order valence-corrected chi connectivity index (χ1v) is 6.94. The Kier molecular flexibility index (Phi) is 6.01. The van der Waals surface area contributed by atoms with Crippen LogP contribution < -0.4 is 0 Å². The number of methoxy groups -OCH3 is 1. The molecule has 0 aromatic rings. The lowest BCUT2D eigenvalue weighted by Gasteiger charge is -2.38. The van der Waals surface area contributed by atoms with Gasteiger partial charge in [-0.25, -0.2) is 0 Å². The van der Waals surface area contributed by atoms with E-state index < -0.39 is 11.5 Å². The zero-order valence-electron chi connectivity index (χ0n) is 12.2. The molecule has 0 aliphatic carbocycles. The van der Waals surface area contributed by atoms with E-state index in [1.165, 1.54) is 7.11 Å². The number of hydrogen-bond donors (Lipinski definition) is 1. The summed E-state index contributed by atoms with van der Waals surface area (Å²) in [5.74, 6) is -0.246. The number of carbonyl (C=O) groups excluding carboxylic acids is 1. The lowest BCUT2D eigenvalue weighted by molar-refractivity contribution is -0.170. The average Bonchev–Trinajstić information content (AvgIpc) is 2.38. The lowest BCUT2D eigenvalue weighted by atomic mass is 9.81. The summed E-state index contributed by atoms with van der Waals surface area (Å²) in [6.07, 6.45) is 5.14. The van der Waals surface area contributed by atoms with Crippen LogP contribution in [0, 0.1) is 5.41 Å². The van der Waals surface area contributed by atoms with Crippen LogP contribution >= 0.6 is 0 Å². The van der Waals surface area contributed by atoms with Crippen LogP contribution in [0.15, 0.2) is 12.7 Å². The molecule has 1 unspecified atom stereocenters. The highest BCUT2D eigenvalue weighted by Crippen LogP contribution is 2.34. The van der Waals surface area contributed by atoms with E-state index >= 15 is 0 Å². The second-order valence-corrected chi connectivity index (χ2v) is 5.80. The van der Waals surface area contributed by atoms with Crippen molar-refractivity contribution in [1.82, 2.24) is 0 Å². The number of ether oxygens (including phenoxy) is 2. The van der Waals surface area contributed by atoms with E-state index in [2.05, 4.69) is 6.58 Å². The fraction of sp³-hybridized carbons (Fsp3) is 0.800. The van der Waals surface area contributed by atoms with Crippen LogP contribution in [0.5, 0.6) is 0 Å². The topological polar surface area (TPSA) is 55.8 Å². The van der Waals surface area contributed by atoms with Crippen LogP contribution in [0.3, 0.4) is 0 Å². The number of carbonyl (C=O) groups is 1. The number of aliphatic hydroxyl groups excluding tert-OH is 1. The Morgan fingerprint density at radius 1 is 1.58 bits per heavy atom. The van der Waals surface area contributed by atoms with Gasteiger partial charge in [-0.05, 0) is 46.0 Å². The van der Waals surface area contributed by atoms with Crippen LogP contribution in [0.2, 0.25) is 0 Å². The first kappa shape index (κ1) is 16.2. The van der Waals surface area contributed by atoms with E-state index in [4.69, 9.17) is 9.47 Å². The van der Waals surface area contributed by atoms with Gasteiger partial charge < -0.3 is 14.6 Å². The molecule has 0 amide bonds. The monoisotopic (exact) mass is 270 g/mol. The highest BCUT2D eigenvalue weighted by molar-refractivity contribution is 5.76. The summed E-state index contributed by atoms with van der Waals surface area (Å²) in [5, 5.41) is 9.80. The minimum atomic E-state index is -0.642. The maximum atomic E-state index is 11.8. The first-order chi connectivity index (χ1) is 8.91. The van der Waals surface area contributed by atoms with Gasteiger partial charge in [0.05, 0.1) is 30.8 Å². The quantitative estimate of drug-likeness (QED) is 0.595. The van der Waals surface area contributed by atoms with Crippen LogP contribution in [-0.2, 0) is 14.3 Å². The molecule has 1 aliphatic rings. The molecule has 0 bridgehead atoms. The molecule has 1 heterocycles. The van der Waals surface area contributed by atoms with Crippen molar-refractivity contribution in [3.8, 4) is 0 Å². The Morgan fingerprint density at radius 2 is 2.26 bits per heavy atom. The highest BCUT2D eigenvalue weighted by Gasteiger charge is 2.41. The predicted octanol–water partition coefficient (Wildman–Crippen LogP) is 2.45. The zero-order valence-corrected chi connectivity index (χ0v) is 12.2. The third-order valence-corrected chi connectivity index (χ3v) is 3.84. The van der Waals surface area contributed by atoms with Crippen molar-refractivity contribution in [2.24, 2.45) is 5.41 Å². The van der Waals surface area contributed by atoms with Crippen LogP contribution in [0.1, 0.15) is 46.0 Å². The molecular formula is C15H26O4. The smallest absolute Gasteiger partial charge is 0.313 e. The molecule has 0 aromatic heterocycles. The van der Waals surface area contributed by atoms with Crippen molar-refractivity contribution < 1.29 is 19.4 Å². The van der Waals surface area contributed by atoms with E-state index in [0.717, 1.165) is 19.3 Å². The summed E-state index contributed by atoms with van der Waals surface area (Å²) in [4.78, 5) is 11.8. The predicted molar refractivity (Wildman–Crippen MR) is 73.7 cm³/mol. The molecule has 19 heavy (non-hydrogen) atoms. The van der Waals surface area contributed by atoms with Gasteiger partial charge in [0.1, 0.15) is 0 Å². The van der Waals surface area contributed by atoms with Crippen LogP contribution in [0.25, 0.3) is 0 Å². The normalized spacial score (nSPS) is 25.7. The maximum Gasteiger partial charge on any atom is 0.313 e. The lowest BCUT2D eigenvalue weighted by Crippen LogP contribution is -2.44. The number of aliphatic hydroxyl groups is 1. The summed E-state index contributed by atoms with van der Waals surface area (Å²) < 4.78 is 10.8. The van der Waals surface area contributed by atoms with E-state index in [0.29, 0.717) is 12.8 Å². The van der Waals surface area contributed by atoms with E-state index in [9.17, 15) is 9.90 Å². The molecule has 0 spiro atoms. The molecule has 3 atom stereocenters. The van der Waals surface area contributed by atoms with E-state index in [1.54, 1.807) is 6.08 Å². The van der Waals surface area contributed by atoms with Gasteiger partial charge in [-0.2, -0.15) is 0 Å². The van der Waals surface area contributed by atoms with Gasteiger partial charge in [-0.15, -0.1) is 6.58 Å². The fourth-order valence-corrected chi connectivity index (χ4v) is 2.59. The summed E-state index contributed by atoms with van der Waals surface area (Å²) in [5.41, 5.74) is -0.642. The Labute approximate surface area is 115 Å². The number of hydrogen-bond acceptors (Lipinski definition) is 4. The van der Waals surface area contributed by atoms with Crippen molar-refractivity contribution in [2.75, 3.05) is 7.11 Å². The SMILES string of the molecule is C=CC[C@@H](O)C[C@@H]1CCCC(C(C)(C)C(=O)OC)O1. The minimum absolute atomic E-state index is 0.0117. The Balaban J connectivity index is 2.59. The molecule has 4 heteroatoms. The first-order valence-electron chi connectivity index (χ1n) is 6.94. The Morgan fingerprint density at radius 3 is 2.84 bits per heavy atom. The van der Waals surface area contributed by atoms with Crippen LogP contribution in [-0.4, -0.2) is 36.5 Å². The largest absolute Gasteiger partial charge is 0.469 e. The van der Waals surface area contributed by atoms with Crippen LogP contribution in [0.4, 0.5) is 0 Å². The highest BCUT2D eigenvalue weighted by atomic mass is 16.5. The van der Waals surface area contributed by atoms with E-state index in [-0.39, 0.29) is 18.2 Å². The molecule has 1 N–H and O–H groups in total. The van der Waals surface area contributed by atoms with Gasteiger partial charge >= 0.3 is 5.97 Å². The summed E-state index contributed by atoms with van der Waals surface area (Å²) in [6.45, 7) is 7.33. The van der Waals surface area contributed by atoms with Crippen molar-refractivity contribution in [3.05, 3.63) is 12.7 Å². The zero-order chi connectivity index (χ0) is 14.5. The Hall–Kier alpha value is -0.870. The molecule has 0 radical (unpaired) electrons. The fourth-order valence-electron chi connectivity index (χ4n) is 2.59. The second-order valence-electron chi connectivity index (χ2n) is 5.80. The molecule has 1 fully saturated rings. The average molecular weight is 270 g/mol. The molecule has 0 aromatic carbocycles. The van der Waals surface area contributed by atoms with Gasteiger partial charge in [0.15, 0.2) is 0 Å². The van der Waals surface area contributed by atoms with Gasteiger partial charge in [-0.3, -0.25) is 4.79 Å². The van der Waals surface area contributed by atoms with Gasteiger partial charge in [0, 0.05) is 0 Å². The third-order valence-electron chi connectivity index (χ3n) is 3.84.